The number of aromatic nitrogens is 1. The van der Waals surface area contributed by atoms with E-state index in [-0.39, 0.29) is 41.2 Å². The summed E-state index contributed by atoms with van der Waals surface area (Å²) in [7, 11) is -2.99. The van der Waals surface area contributed by atoms with Crippen LogP contribution in [0.25, 0.3) is 0 Å². The van der Waals surface area contributed by atoms with Gasteiger partial charge in [-0.05, 0) is 49.8 Å². The Labute approximate surface area is 153 Å². The molecule has 0 radical (unpaired) electrons. The lowest BCUT2D eigenvalue weighted by atomic mass is 9.81. The van der Waals surface area contributed by atoms with E-state index < -0.39 is 9.84 Å². The minimum Gasteiger partial charge on any atom is -0.352 e. The highest BCUT2D eigenvalue weighted by Crippen LogP contribution is 2.29. The summed E-state index contributed by atoms with van der Waals surface area (Å²) in [6.45, 7) is 0.484. The summed E-state index contributed by atoms with van der Waals surface area (Å²) < 4.78 is 23.0. The largest absolute Gasteiger partial charge is 0.352 e. The highest BCUT2D eigenvalue weighted by atomic mass is 32.2. The topological polar surface area (TPSA) is 105 Å². The average Bonchev–Trinajstić information content (AvgIpc) is 2.99. The predicted molar refractivity (Wildman–Crippen MR) is 96.7 cm³/mol. The lowest BCUT2D eigenvalue weighted by Gasteiger charge is -2.28. The van der Waals surface area contributed by atoms with Gasteiger partial charge in [-0.25, -0.2) is 8.42 Å². The summed E-state index contributed by atoms with van der Waals surface area (Å²) >= 11 is 0. The van der Waals surface area contributed by atoms with Gasteiger partial charge in [0.05, 0.1) is 11.5 Å². The Morgan fingerprint density at radius 2 is 1.62 bits per heavy atom. The van der Waals surface area contributed by atoms with E-state index in [0.29, 0.717) is 38.6 Å². The fraction of sp³-hybridized carbons (Fsp3) is 0.611. The van der Waals surface area contributed by atoms with Crippen LogP contribution in [0.5, 0.6) is 0 Å². The molecule has 26 heavy (non-hydrogen) atoms. The molecule has 1 aromatic heterocycles. The zero-order chi connectivity index (χ0) is 18.6. The smallest absolute Gasteiger partial charge is 0.223 e. The van der Waals surface area contributed by atoms with E-state index >= 15 is 0 Å². The van der Waals surface area contributed by atoms with Gasteiger partial charge in [-0.15, -0.1) is 0 Å². The summed E-state index contributed by atoms with van der Waals surface area (Å²) in [5, 5.41) is 5.82. The third kappa shape index (κ3) is 5.03. The lowest BCUT2D eigenvalue weighted by Crippen LogP contribution is -2.42. The number of nitrogens with zero attached hydrogens (tertiary/aromatic N) is 1. The molecule has 142 valence electrons. The second kappa shape index (κ2) is 8.16. The minimum atomic E-state index is -2.99. The van der Waals surface area contributed by atoms with Crippen molar-refractivity contribution in [3.8, 4) is 0 Å². The van der Waals surface area contributed by atoms with Crippen LogP contribution in [-0.4, -0.2) is 42.8 Å². The first-order valence-corrected chi connectivity index (χ1v) is 10.9. The number of carbonyl (C=O) groups excluding carboxylic acids is 2. The molecular formula is C18H25N3O4S. The maximum atomic E-state index is 12.3. The molecule has 1 aliphatic heterocycles. The van der Waals surface area contributed by atoms with Crippen LogP contribution >= 0.6 is 0 Å². The Morgan fingerprint density at radius 1 is 1.00 bits per heavy atom. The van der Waals surface area contributed by atoms with Crippen LogP contribution in [0.15, 0.2) is 24.5 Å². The van der Waals surface area contributed by atoms with Gasteiger partial charge in [0.1, 0.15) is 0 Å². The van der Waals surface area contributed by atoms with E-state index in [0.717, 1.165) is 5.56 Å². The summed E-state index contributed by atoms with van der Waals surface area (Å²) in [5.74, 6) is -0.0195. The van der Waals surface area contributed by atoms with E-state index in [1.807, 2.05) is 12.1 Å². The van der Waals surface area contributed by atoms with Gasteiger partial charge in [-0.1, -0.05) is 0 Å². The summed E-state index contributed by atoms with van der Waals surface area (Å²) in [6.07, 6.45) is 6.59. The monoisotopic (exact) mass is 379 g/mol. The summed E-state index contributed by atoms with van der Waals surface area (Å²) in [6, 6.07) is 3.48. The van der Waals surface area contributed by atoms with Crippen molar-refractivity contribution in [2.45, 2.75) is 44.7 Å². The number of amides is 2. The number of nitrogens with one attached hydrogen (secondary N) is 2. The maximum Gasteiger partial charge on any atom is 0.223 e. The third-order valence-electron chi connectivity index (χ3n) is 5.26. The molecule has 0 aromatic carbocycles. The molecule has 2 amide bonds. The van der Waals surface area contributed by atoms with Crippen LogP contribution < -0.4 is 10.6 Å². The standard InChI is InChI=1S/C18H25N3O4S/c22-17(20-11-13-5-8-19-9-6-13)14-1-3-15(4-2-14)18(23)21-16-7-10-26(24,25)12-16/h5-6,8-9,14-16H,1-4,7,10-12H2,(H,20,22)(H,21,23). The number of rotatable bonds is 5. The maximum absolute atomic E-state index is 12.3. The quantitative estimate of drug-likeness (QED) is 0.788. The van der Waals surface area contributed by atoms with Gasteiger partial charge in [0, 0.05) is 36.8 Å². The Balaban J connectivity index is 1.40. The van der Waals surface area contributed by atoms with Crippen LogP contribution in [0.1, 0.15) is 37.7 Å². The first-order valence-electron chi connectivity index (χ1n) is 9.10. The molecule has 2 N–H and O–H groups in total. The molecule has 1 aliphatic carbocycles. The third-order valence-corrected chi connectivity index (χ3v) is 7.03. The predicted octanol–water partition coefficient (Wildman–Crippen LogP) is 0.807. The highest BCUT2D eigenvalue weighted by molar-refractivity contribution is 7.91. The molecular weight excluding hydrogens is 354 g/mol. The second-order valence-corrected chi connectivity index (χ2v) is 9.46. The van der Waals surface area contributed by atoms with E-state index in [4.69, 9.17) is 0 Å². The van der Waals surface area contributed by atoms with Crippen molar-refractivity contribution >= 4 is 21.7 Å². The van der Waals surface area contributed by atoms with Crippen molar-refractivity contribution in [2.75, 3.05) is 11.5 Å². The fourth-order valence-corrected chi connectivity index (χ4v) is 5.35. The summed E-state index contributed by atoms with van der Waals surface area (Å²) in [4.78, 5) is 28.6. The molecule has 7 nitrogen and oxygen atoms in total. The molecule has 2 fully saturated rings. The highest BCUT2D eigenvalue weighted by Gasteiger charge is 2.33. The Bertz CT molecular complexity index is 743. The minimum absolute atomic E-state index is 0.0301. The second-order valence-electron chi connectivity index (χ2n) is 7.23. The first-order chi connectivity index (χ1) is 12.4. The molecule has 2 aliphatic rings. The number of sulfone groups is 1. The van der Waals surface area contributed by atoms with Gasteiger partial charge in [0.2, 0.25) is 11.8 Å². The van der Waals surface area contributed by atoms with Crippen molar-refractivity contribution < 1.29 is 18.0 Å². The van der Waals surface area contributed by atoms with Crippen LogP contribution in [0.4, 0.5) is 0 Å². The van der Waals surface area contributed by atoms with Crippen molar-refractivity contribution in [2.24, 2.45) is 11.8 Å². The van der Waals surface area contributed by atoms with Gasteiger partial charge < -0.3 is 10.6 Å². The Morgan fingerprint density at radius 3 is 2.19 bits per heavy atom. The Hall–Kier alpha value is -1.96. The SMILES string of the molecule is O=C(NCc1ccncc1)C1CCC(C(=O)NC2CCS(=O)(=O)C2)CC1. The zero-order valence-corrected chi connectivity index (χ0v) is 15.5. The summed E-state index contributed by atoms with van der Waals surface area (Å²) in [5.41, 5.74) is 1.01. The average molecular weight is 379 g/mol. The molecule has 1 saturated carbocycles. The fourth-order valence-electron chi connectivity index (χ4n) is 3.68. The molecule has 1 saturated heterocycles. The molecule has 1 aromatic rings. The van der Waals surface area contributed by atoms with Crippen LogP contribution in [0.2, 0.25) is 0 Å². The van der Waals surface area contributed by atoms with Gasteiger partial charge in [0.15, 0.2) is 9.84 Å². The number of hydrogen-bond donors (Lipinski definition) is 2. The van der Waals surface area contributed by atoms with Gasteiger partial charge >= 0.3 is 0 Å². The van der Waals surface area contributed by atoms with Crippen LogP contribution in [0.3, 0.4) is 0 Å². The number of pyridine rings is 1. The van der Waals surface area contributed by atoms with Gasteiger partial charge in [0.25, 0.3) is 0 Å². The first kappa shape index (κ1) is 18.8. The van der Waals surface area contributed by atoms with Crippen molar-refractivity contribution in [1.82, 2.24) is 15.6 Å². The zero-order valence-electron chi connectivity index (χ0n) is 14.7. The van der Waals surface area contributed by atoms with Crippen molar-refractivity contribution in [3.05, 3.63) is 30.1 Å². The van der Waals surface area contributed by atoms with Crippen molar-refractivity contribution in [1.29, 1.82) is 0 Å². The molecule has 8 heteroatoms. The molecule has 3 rings (SSSR count). The molecule has 0 bridgehead atoms. The molecule has 0 spiro atoms. The van der Waals surface area contributed by atoms with E-state index in [1.165, 1.54) is 0 Å². The van der Waals surface area contributed by atoms with Crippen LogP contribution in [0, 0.1) is 11.8 Å². The molecule has 1 atom stereocenters. The van der Waals surface area contributed by atoms with E-state index in [1.54, 1.807) is 12.4 Å². The van der Waals surface area contributed by atoms with Gasteiger partial charge in [-0.3, -0.25) is 14.6 Å². The lowest BCUT2D eigenvalue weighted by molar-refractivity contribution is -0.130. The number of hydrogen-bond acceptors (Lipinski definition) is 5. The molecule has 2 heterocycles. The van der Waals surface area contributed by atoms with Crippen LogP contribution in [-0.2, 0) is 26.0 Å². The molecule has 1 unspecified atom stereocenters. The van der Waals surface area contributed by atoms with E-state index in [2.05, 4.69) is 15.6 Å². The number of carbonyl (C=O) groups is 2. The Kier molecular flexibility index (Phi) is 5.90. The van der Waals surface area contributed by atoms with E-state index in [9.17, 15) is 18.0 Å². The van der Waals surface area contributed by atoms with Gasteiger partial charge in [-0.2, -0.15) is 0 Å². The van der Waals surface area contributed by atoms with Crippen molar-refractivity contribution in [3.63, 3.8) is 0 Å². The normalized spacial score (nSPS) is 27.6.